The van der Waals surface area contributed by atoms with E-state index in [1.54, 1.807) is 34.5 Å². The molecule has 3 aromatic heterocycles. The van der Waals surface area contributed by atoms with Crippen LogP contribution in [0.2, 0.25) is 0 Å². The van der Waals surface area contributed by atoms with Gasteiger partial charge in [0.1, 0.15) is 11.4 Å². The Kier molecular flexibility index (Phi) is 4.28. The zero-order valence-corrected chi connectivity index (χ0v) is 16.0. The lowest BCUT2D eigenvalue weighted by Gasteiger charge is -2.19. The third-order valence-electron chi connectivity index (χ3n) is 5.18. The van der Waals surface area contributed by atoms with Gasteiger partial charge in [-0.05, 0) is 40.9 Å². The molecule has 1 unspecified atom stereocenters. The SMILES string of the molecule is O=C1CCC(c2coc3cc(-c4cnn(Cc5ccsc5)c4)c(F)cc23)C(=O)N1. The maximum Gasteiger partial charge on any atom is 0.234 e. The van der Waals surface area contributed by atoms with Crippen LogP contribution in [-0.2, 0) is 16.1 Å². The number of furan rings is 1. The Morgan fingerprint density at radius 3 is 3.03 bits per heavy atom. The predicted molar refractivity (Wildman–Crippen MR) is 106 cm³/mol. The van der Waals surface area contributed by atoms with Gasteiger partial charge in [-0.2, -0.15) is 16.4 Å². The number of hydrogen-bond donors (Lipinski definition) is 1. The summed E-state index contributed by atoms with van der Waals surface area (Å²) in [6.45, 7) is 0.619. The fourth-order valence-electron chi connectivity index (χ4n) is 3.71. The number of imide groups is 1. The lowest BCUT2D eigenvalue weighted by Crippen LogP contribution is -2.39. The summed E-state index contributed by atoms with van der Waals surface area (Å²) < 4.78 is 22.3. The Balaban J connectivity index is 1.48. The van der Waals surface area contributed by atoms with Crippen molar-refractivity contribution < 1.29 is 18.4 Å². The van der Waals surface area contributed by atoms with E-state index >= 15 is 0 Å². The molecule has 1 N–H and O–H groups in total. The molecule has 5 rings (SSSR count). The van der Waals surface area contributed by atoms with Gasteiger partial charge in [0.25, 0.3) is 0 Å². The van der Waals surface area contributed by atoms with Gasteiger partial charge in [0.15, 0.2) is 0 Å². The molecule has 1 atom stereocenters. The van der Waals surface area contributed by atoms with Crippen LogP contribution in [0, 0.1) is 5.82 Å². The minimum Gasteiger partial charge on any atom is -0.464 e. The van der Waals surface area contributed by atoms with Crippen molar-refractivity contribution in [1.29, 1.82) is 0 Å². The van der Waals surface area contributed by atoms with E-state index < -0.39 is 11.7 Å². The maximum atomic E-state index is 14.9. The number of fused-ring (bicyclic) bond motifs is 1. The standard InChI is InChI=1S/C21H16FN3O3S/c22-18-5-16-17(14-1-2-20(26)24-21(14)27)10-28-19(16)6-15(18)13-7-23-25(9-13)8-12-3-4-29-11-12/h3-7,9-11,14H,1-2,8H2,(H,24,26,27). The molecule has 0 spiro atoms. The number of halogens is 1. The van der Waals surface area contributed by atoms with Gasteiger partial charge in [-0.15, -0.1) is 0 Å². The zero-order chi connectivity index (χ0) is 20.0. The average Bonchev–Trinajstić information content (AvgIpc) is 3.43. The third-order valence-corrected chi connectivity index (χ3v) is 5.91. The third kappa shape index (κ3) is 3.25. The molecular formula is C21H16FN3O3S. The minimum atomic E-state index is -0.521. The molecule has 146 valence electrons. The van der Waals surface area contributed by atoms with Crippen LogP contribution in [0.3, 0.4) is 0 Å². The molecule has 1 aliphatic rings. The van der Waals surface area contributed by atoms with Crippen molar-refractivity contribution in [2.45, 2.75) is 25.3 Å². The van der Waals surface area contributed by atoms with Gasteiger partial charge in [0.05, 0.1) is 24.9 Å². The van der Waals surface area contributed by atoms with E-state index in [4.69, 9.17) is 4.42 Å². The molecule has 1 aliphatic heterocycles. The van der Waals surface area contributed by atoms with E-state index in [2.05, 4.69) is 10.4 Å². The smallest absolute Gasteiger partial charge is 0.234 e. The quantitative estimate of drug-likeness (QED) is 0.516. The molecule has 0 aliphatic carbocycles. The molecule has 2 amide bonds. The van der Waals surface area contributed by atoms with Crippen molar-refractivity contribution in [2.24, 2.45) is 0 Å². The summed E-state index contributed by atoms with van der Waals surface area (Å²) in [5.41, 5.74) is 3.27. The first kappa shape index (κ1) is 17.8. The van der Waals surface area contributed by atoms with E-state index in [0.717, 1.165) is 5.56 Å². The van der Waals surface area contributed by atoms with E-state index in [9.17, 15) is 14.0 Å². The highest BCUT2D eigenvalue weighted by molar-refractivity contribution is 7.07. The molecule has 8 heteroatoms. The fourth-order valence-corrected chi connectivity index (χ4v) is 4.37. The van der Waals surface area contributed by atoms with Crippen molar-refractivity contribution in [2.75, 3.05) is 0 Å². The molecule has 0 saturated carbocycles. The Morgan fingerprint density at radius 1 is 1.34 bits per heavy atom. The molecule has 6 nitrogen and oxygen atoms in total. The topological polar surface area (TPSA) is 77.1 Å². The Bertz CT molecular complexity index is 1230. The van der Waals surface area contributed by atoms with Gasteiger partial charge in [0.2, 0.25) is 11.8 Å². The number of aromatic nitrogens is 2. The second-order valence-corrected chi connectivity index (χ2v) is 7.86. The Morgan fingerprint density at radius 2 is 2.24 bits per heavy atom. The van der Waals surface area contributed by atoms with Crippen LogP contribution in [0.15, 0.2) is 52.0 Å². The second-order valence-electron chi connectivity index (χ2n) is 7.08. The van der Waals surface area contributed by atoms with Crippen LogP contribution in [0.1, 0.15) is 29.9 Å². The van der Waals surface area contributed by atoms with Crippen molar-refractivity contribution in [3.63, 3.8) is 0 Å². The van der Waals surface area contributed by atoms with Crippen LogP contribution >= 0.6 is 11.3 Å². The number of carbonyl (C=O) groups is 2. The van der Waals surface area contributed by atoms with E-state index in [-0.39, 0.29) is 18.2 Å². The largest absolute Gasteiger partial charge is 0.464 e. The van der Waals surface area contributed by atoms with E-state index in [0.29, 0.717) is 40.6 Å². The van der Waals surface area contributed by atoms with Crippen LogP contribution in [0.25, 0.3) is 22.1 Å². The molecule has 29 heavy (non-hydrogen) atoms. The molecule has 1 aromatic carbocycles. The highest BCUT2D eigenvalue weighted by Crippen LogP contribution is 2.36. The highest BCUT2D eigenvalue weighted by Gasteiger charge is 2.30. The first-order valence-corrected chi connectivity index (χ1v) is 10.1. The Labute approximate surface area is 168 Å². The number of piperidine rings is 1. The number of nitrogens with zero attached hydrogens (tertiary/aromatic N) is 2. The van der Waals surface area contributed by atoms with Gasteiger partial charge in [-0.25, -0.2) is 4.39 Å². The summed E-state index contributed by atoms with van der Waals surface area (Å²) in [6.07, 6.45) is 5.55. The van der Waals surface area contributed by atoms with Gasteiger partial charge >= 0.3 is 0 Å². The van der Waals surface area contributed by atoms with Crippen molar-refractivity contribution in [3.05, 3.63) is 64.6 Å². The van der Waals surface area contributed by atoms with Gasteiger partial charge in [0, 0.05) is 34.7 Å². The molecule has 1 saturated heterocycles. The van der Waals surface area contributed by atoms with Crippen LogP contribution in [0.4, 0.5) is 4.39 Å². The summed E-state index contributed by atoms with van der Waals surface area (Å²) >= 11 is 1.62. The molecular weight excluding hydrogens is 393 g/mol. The summed E-state index contributed by atoms with van der Waals surface area (Å²) in [5, 5.41) is 11.3. The lowest BCUT2D eigenvalue weighted by atomic mass is 9.90. The van der Waals surface area contributed by atoms with Crippen LogP contribution < -0.4 is 5.32 Å². The highest BCUT2D eigenvalue weighted by atomic mass is 32.1. The predicted octanol–water partition coefficient (Wildman–Crippen LogP) is 4.07. The van der Waals surface area contributed by atoms with Crippen molar-refractivity contribution >= 4 is 34.1 Å². The van der Waals surface area contributed by atoms with Crippen LogP contribution in [-0.4, -0.2) is 21.6 Å². The number of hydrogen-bond acceptors (Lipinski definition) is 5. The Hall–Kier alpha value is -3.26. The first-order chi connectivity index (χ1) is 14.1. The summed E-state index contributed by atoms with van der Waals surface area (Å²) in [4.78, 5) is 23.6. The lowest BCUT2D eigenvalue weighted by molar-refractivity contribution is -0.134. The number of thiophene rings is 1. The molecule has 4 heterocycles. The average molecular weight is 409 g/mol. The monoisotopic (exact) mass is 409 g/mol. The summed E-state index contributed by atoms with van der Waals surface area (Å²) in [5.74, 6) is -1.59. The van der Waals surface area contributed by atoms with Gasteiger partial charge in [-0.1, -0.05) is 0 Å². The van der Waals surface area contributed by atoms with E-state index in [1.165, 1.54) is 12.3 Å². The number of nitrogens with one attached hydrogen (secondary N) is 1. The number of carbonyl (C=O) groups excluding carboxylic acids is 2. The summed E-state index contributed by atoms with van der Waals surface area (Å²) in [7, 11) is 0. The van der Waals surface area contributed by atoms with E-state index in [1.807, 2.05) is 16.8 Å². The van der Waals surface area contributed by atoms with Gasteiger partial charge in [-0.3, -0.25) is 19.6 Å². The first-order valence-electron chi connectivity index (χ1n) is 9.17. The number of benzene rings is 1. The molecule has 1 fully saturated rings. The maximum absolute atomic E-state index is 14.9. The number of amides is 2. The van der Waals surface area contributed by atoms with Crippen molar-refractivity contribution in [3.8, 4) is 11.1 Å². The van der Waals surface area contributed by atoms with Crippen molar-refractivity contribution in [1.82, 2.24) is 15.1 Å². The van der Waals surface area contributed by atoms with Gasteiger partial charge < -0.3 is 4.42 Å². The number of rotatable bonds is 4. The zero-order valence-electron chi connectivity index (χ0n) is 15.2. The molecule has 0 bridgehead atoms. The molecule has 4 aromatic rings. The van der Waals surface area contributed by atoms with Crippen LogP contribution in [0.5, 0.6) is 0 Å². The summed E-state index contributed by atoms with van der Waals surface area (Å²) in [6, 6.07) is 5.05. The minimum absolute atomic E-state index is 0.257. The second kappa shape index (κ2) is 6.97. The molecule has 0 radical (unpaired) electrons. The fraction of sp³-hybridized carbons (Fsp3) is 0.190. The normalized spacial score (nSPS) is 17.1.